The zero-order chi connectivity index (χ0) is 26.6. The molecule has 0 aliphatic heterocycles. The van der Waals surface area contributed by atoms with Crippen LogP contribution in [0.2, 0.25) is 0 Å². The fraction of sp³-hybridized carbons (Fsp3) is 0.724. The second-order valence-electron chi connectivity index (χ2n) is 12.8. The first-order chi connectivity index (χ1) is 17.4. The van der Waals surface area contributed by atoms with Gasteiger partial charge in [-0.1, -0.05) is 31.5 Å². The molecule has 6 nitrogen and oxygen atoms in total. The van der Waals surface area contributed by atoms with Crippen molar-refractivity contribution < 1.29 is 12.6 Å². The molecule has 0 spiro atoms. The number of nitrogens with one attached hydrogen (secondary N) is 1. The van der Waals surface area contributed by atoms with E-state index in [9.17, 15) is 8.42 Å². The summed E-state index contributed by atoms with van der Waals surface area (Å²) in [5.74, 6) is 3.18. The molecule has 0 aromatic heterocycles. The number of hydrogen-bond acceptors (Lipinski definition) is 5. The molecular weight excluding hydrogens is 502 g/mol. The molecule has 3 N–H and O–H groups in total. The highest BCUT2D eigenvalue weighted by Crippen LogP contribution is 2.67. The van der Waals surface area contributed by atoms with Crippen LogP contribution in [0.25, 0.3) is 0 Å². The van der Waals surface area contributed by atoms with Gasteiger partial charge in [0, 0.05) is 11.6 Å². The molecule has 8 atom stereocenters. The molecule has 0 amide bonds. The SMILES string of the molecule is CC(=NNC(N)=S)C1CCC2C3CCC4CC(OS(=O)(=O)c5ccc(C)cc5)CCC4(C)C3CCC12C. The highest BCUT2D eigenvalue weighted by Gasteiger charge is 2.60. The molecule has 4 aliphatic carbocycles. The van der Waals surface area contributed by atoms with Crippen molar-refractivity contribution >= 4 is 33.2 Å². The lowest BCUT2D eigenvalue weighted by Gasteiger charge is -2.61. The van der Waals surface area contributed by atoms with E-state index in [4.69, 9.17) is 22.1 Å². The Morgan fingerprint density at radius 3 is 2.41 bits per heavy atom. The average molecular weight is 546 g/mol. The lowest BCUT2D eigenvalue weighted by Crippen LogP contribution is -2.54. The predicted molar refractivity (Wildman–Crippen MR) is 151 cm³/mol. The van der Waals surface area contributed by atoms with Crippen LogP contribution in [0.5, 0.6) is 0 Å². The molecule has 4 aliphatic rings. The van der Waals surface area contributed by atoms with Crippen molar-refractivity contribution in [3.05, 3.63) is 29.8 Å². The Balaban J connectivity index is 1.28. The molecule has 4 saturated carbocycles. The molecule has 1 aromatic rings. The molecule has 1 aromatic carbocycles. The van der Waals surface area contributed by atoms with Crippen molar-refractivity contribution in [1.82, 2.24) is 5.43 Å². The van der Waals surface area contributed by atoms with E-state index in [2.05, 4.69) is 31.3 Å². The fourth-order valence-electron chi connectivity index (χ4n) is 9.15. The Morgan fingerprint density at radius 2 is 1.70 bits per heavy atom. The second kappa shape index (κ2) is 9.91. The maximum absolute atomic E-state index is 13.0. The first kappa shape index (κ1) is 27.1. The average Bonchev–Trinajstić information content (AvgIpc) is 3.20. The minimum Gasteiger partial charge on any atom is -0.375 e. The topological polar surface area (TPSA) is 93.8 Å². The Hall–Kier alpha value is -1.51. The van der Waals surface area contributed by atoms with Crippen LogP contribution in [-0.2, 0) is 14.3 Å². The first-order valence-corrected chi connectivity index (χ1v) is 15.9. The van der Waals surface area contributed by atoms with Gasteiger partial charge >= 0.3 is 0 Å². The number of hydrogen-bond donors (Lipinski definition) is 2. The van der Waals surface area contributed by atoms with Gasteiger partial charge in [0.1, 0.15) is 0 Å². The zero-order valence-electron chi connectivity index (χ0n) is 22.7. The molecule has 0 radical (unpaired) electrons. The molecule has 4 fully saturated rings. The van der Waals surface area contributed by atoms with Crippen LogP contribution in [0.3, 0.4) is 0 Å². The fourth-order valence-corrected chi connectivity index (χ4v) is 10.3. The molecule has 5 rings (SSSR count). The van der Waals surface area contributed by atoms with E-state index >= 15 is 0 Å². The summed E-state index contributed by atoms with van der Waals surface area (Å²) < 4.78 is 31.8. The van der Waals surface area contributed by atoms with Gasteiger partial charge in [-0.25, -0.2) is 0 Å². The van der Waals surface area contributed by atoms with Gasteiger partial charge in [-0.05, 0) is 130 Å². The molecule has 0 saturated heterocycles. The zero-order valence-corrected chi connectivity index (χ0v) is 24.3. The highest BCUT2D eigenvalue weighted by atomic mass is 32.2. The highest BCUT2D eigenvalue weighted by molar-refractivity contribution is 7.86. The van der Waals surface area contributed by atoms with E-state index in [-0.39, 0.29) is 26.9 Å². The van der Waals surface area contributed by atoms with Gasteiger partial charge in [0.15, 0.2) is 5.11 Å². The Labute approximate surface area is 228 Å². The van der Waals surface area contributed by atoms with Gasteiger partial charge in [0.25, 0.3) is 10.1 Å². The molecule has 0 heterocycles. The van der Waals surface area contributed by atoms with Crippen LogP contribution < -0.4 is 11.2 Å². The molecule has 204 valence electrons. The van der Waals surface area contributed by atoms with E-state index in [1.54, 1.807) is 12.1 Å². The summed E-state index contributed by atoms with van der Waals surface area (Å²) in [6, 6.07) is 6.97. The number of rotatable bonds is 5. The standard InChI is InChI=1S/C29H43N3O3S2/c1-18-5-8-22(9-6-18)37(33,34)35-21-13-15-28(3)20(17-21)7-10-23-25-12-11-24(19(2)31-32-27(30)36)29(25,4)16-14-26(23)28/h5-6,8-9,20-21,23-26H,7,10-17H2,1-4H3,(H3,30,32,36). The normalized spacial score (nSPS) is 39.8. The quantitative estimate of drug-likeness (QED) is 0.206. The van der Waals surface area contributed by atoms with Crippen LogP contribution in [0.4, 0.5) is 0 Å². The van der Waals surface area contributed by atoms with Crippen LogP contribution >= 0.6 is 12.2 Å². The maximum Gasteiger partial charge on any atom is 0.297 e. The van der Waals surface area contributed by atoms with Gasteiger partial charge in [-0.2, -0.15) is 13.5 Å². The van der Waals surface area contributed by atoms with Crippen molar-refractivity contribution in [3.63, 3.8) is 0 Å². The van der Waals surface area contributed by atoms with Gasteiger partial charge in [0.05, 0.1) is 11.0 Å². The summed E-state index contributed by atoms with van der Waals surface area (Å²) in [5, 5.41) is 4.75. The van der Waals surface area contributed by atoms with Crippen molar-refractivity contribution in [1.29, 1.82) is 0 Å². The second-order valence-corrected chi connectivity index (χ2v) is 14.8. The van der Waals surface area contributed by atoms with Gasteiger partial charge in [0.2, 0.25) is 0 Å². The van der Waals surface area contributed by atoms with Crippen LogP contribution in [0.15, 0.2) is 34.3 Å². The van der Waals surface area contributed by atoms with Gasteiger partial charge in [-0.3, -0.25) is 9.61 Å². The number of nitrogens with zero attached hydrogens (tertiary/aromatic N) is 1. The number of nitrogens with two attached hydrogens (primary N) is 1. The van der Waals surface area contributed by atoms with Crippen LogP contribution in [0.1, 0.15) is 84.1 Å². The summed E-state index contributed by atoms with van der Waals surface area (Å²) in [5.41, 5.74) is 11.1. The minimum atomic E-state index is -3.73. The lowest BCUT2D eigenvalue weighted by atomic mass is 9.44. The molecule has 37 heavy (non-hydrogen) atoms. The number of aryl methyl sites for hydroxylation is 1. The number of hydrazone groups is 1. The van der Waals surface area contributed by atoms with Crippen LogP contribution in [0, 0.1) is 47.3 Å². The molecular formula is C29H43N3O3S2. The first-order valence-electron chi connectivity index (χ1n) is 14.0. The maximum atomic E-state index is 13.0. The Morgan fingerprint density at radius 1 is 1.03 bits per heavy atom. The van der Waals surface area contributed by atoms with E-state index in [0.29, 0.717) is 17.8 Å². The lowest BCUT2D eigenvalue weighted by molar-refractivity contribution is -0.120. The Kier molecular flexibility index (Phi) is 7.25. The van der Waals surface area contributed by atoms with Crippen molar-refractivity contribution in [3.8, 4) is 0 Å². The van der Waals surface area contributed by atoms with Crippen molar-refractivity contribution in [2.75, 3.05) is 0 Å². The Bertz CT molecular complexity index is 1170. The van der Waals surface area contributed by atoms with Gasteiger partial charge in [-0.15, -0.1) is 0 Å². The number of thiocarbonyl (C=S) groups is 1. The third-order valence-corrected chi connectivity index (χ3v) is 12.5. The predicted octanol–water partition coefficient (Wildman–Crippen LogP) is 5.94. The number of benzene rings is 1. The molecule has 0 bridgehead atoms. The van der Waals surface area contributed by atoms with Crippen LogP contribution in [-0.4, -0.2) is 25.3 Å². The van der Waals surface area contributed by atoms with Crippen molar-refractivity contribution in [2.45, 2.75) is 96.5 Å². The third-order valence-electron chi connectivity index (χ3n) is 11.0. The van der Waals surface area contributed by atoms with E-state index < -0.39 is 10.1 Å². The monoisotopic (exact) mass is 545 g/mol. The summed E-state index contributed by atoms with van der Waals surface area (Å²) >= 11 is 4.96. The largest absolute Gasteiger partial charge is 0.375 e. The third kappa shape index (κ3) is 4.87. The van der Waals surface area contributed by atoms with Gasteiger partial charge < -0.3 is 5.73 Å². The summed E-state index contributed by atoms with van der Waals surface area (Å²) in [6.45, 7) is 9.09. The van der Waals surface area contributed by atoms with E-state index in [1.807, 2.05) is 19.1 Å². The smallest absolute Gasteiger partial charge is 0.297 e. The van der Waals surface area contributed by atoms with E-state index in [0.717, 1.165) is 42.4 Å². The summed E-state index contributed by atoms with van der Waals surface area (Å²) in [7, 11) is -3.73. The summed E-state index contributed by atoms with van der Waals surface area (Å²) in [4.78, 5) is 0.264. The number of fused-ring (bicyclic) bond motifs is 5. The van der Waals surface area contributed by atoms with E-state index in [1.165, 1.54) is 38.5 Å². The summed E-state index contributed by atoms with van der Waals surface area (Å²) in [6.07, 6.45) is 9.87. The minimum absolute atomic E-state index is 0.217. The van der Waals surface area contributed by atoms with Crippen molar-refractivity contribution in [2.24, 2.45) is 51.3 Å². The molecule has 8 unspecified atom stereocenters. The molecule has 8 heteroatoms.